The van der Waals surface area contributed by atoms with E-state index in [-0.39, 0.29) is 16.6 Å². The maximum absolute atomic E-state index is 11.2. The van der Waals surface area contributed by atoms with E-state index in [2.05, 4.69) is 15.3 Å². The summed E-state index contributed by atoms with van der Waals surface area (Å²) < 4.78 is 0. The monoisotopic (exact) mass is 230 g/mol. The molecule has 0 amide bonds. The van der Waals surface area contributed by atoms with E-state index >= 15 is 0 Å². The molecule has 0 aliphatic heterocycles. The fourth-order valence-electron chi connectivity index (χ4n) is 1.31. The summed E-state index contributed by atoms with van der Waals surface area (Å²) in [5, 5.41) is 3.18. The van der Waals surface area contributed by atoms with Gasteiger partial charge in [0.05, 0.1) is 6.33 Å². The molecule has 0 aliphatic rings. The normalized spacial score (nSPS) is 12.9. The number of anilines is 1. The van der Waals surface area contributed by atoms with E-state index < -0.39 is 0 Å². The van der Waals surface area contributed by atoms with Crippen LogP contribution < -0.4 is 10.9 Å². The summed E-state index contributed by atoms with van der Waals surface area (Å²) >= 11 is 5.79. The SMILES string of the molecule is CC(CN(C)C)Nc1nc[nH]c(=O)c1Cl. The summed E-state index contributed by atoms with van der Waals surface area (Å²) in [5.41, 5.74) is -0.328. The number of hydrogen-bond donors (Lipinski definition) is 2. The largest absolute Gasteiger partial charge is 0.365 e. The van der Waals surface area contributed by atoms with Gasteiger partial charge >= 0.3 is 0 Å². The van der Waals surface area contributed by atoms with Crippen molar-refractivity contribution in [1.82, 2.24) is 14.9 Å². The van der Waals surface area contributed by atoms with Gasteiger partial charge in [-0.25, -0.2) is 4.98 Å². The van der Waals surface area contributed by atoms with Gasteiger partial charge < -0.3 is 15.2 Å². The number of H-pyrrole nitrogens is 1. The molecular weight excluding hydrogens is 216 g/mol. The van der Waals surface area contributed by atoms with Crippen LogP contribution in [0.1, 0.15) is 6.92 Å². The van der Waals surface area contributed by atoms with Gasteiger partial charge in [-0.1, -0.05) is 11.6 Å². The first kappa shape index (κ1) is 12.0. The molecule has 0 bridgehead atoms. The number of hydrogen-bond acceptors (Lipinski definition) is 4. The molecule has 0 aliphatic carbocycles. The van der Waals surface area contributed by atoms with Crippen molar-refractivity contribution < 1.29 is 0 Å². The second-order valence-corrected chi connectivity index (χ2v) is 4.08. The minimum absolute atomic E-state index is 0.100. The summed E-state index contributed by atoms with van der Waals surface area (Å²) in [6.45, 7) is 2.84. The third-order valence-electron chi connectivity index (χ3n) is 1.82. The van der Waals surface area contributed by atoms with Crippen LogP contribution >= 0.6 is 11.6 Å². The molecule has 0 spiro atoms. The first-order valence-electron chi connectivity index (χ1n) is 4.65. The average molecular weight is 231 g/mol. The van der Waals surface area contributed by atoms with Crippen LogP contribution in [0.4, 0.5) is 5.82 Å². The van der Waals surface area contributed by atoms with Gasteiger partial charge in [-0.3, -0.25) is 4.79 Å². The van der Waals surface area contributed by atoms with Crippen molar-refractivity contribution >= 4 is 17.4 Å². The third kappa shape index (κ3) is 3.53. The Labute approximate surface area is 93.5 Å². The van der Waals surface area contributed by atoms with Crippen molar-refractivity contribution in [2.45, 2.75) is 13.0 Å². The van der Waals surface area contributed by atoms with Gasteiger partial charge in [0.1, 0.15) is 5.02 Å². The molecule has 1 heterocycles. The number of likely N-dealkylation sites (N-methyl/N-ethyl adjacent to an activating group) is 1. The topological polar surface area (TPSA) is 61.0 Å². The Morgan fingerprint density at radius 1 is 1.67 bits per heavy atom. The number of nitrogens with zero attached hydrogens (tertiary/aromatic N) is 2. The lowest BCUT2D eigenvalue weighted by Crippen LogP contribution is -2.30. The molecule has 0 aromatic carbocycles. The number of aromatic amines is 1. The van der Waals surface area contributed by atoms with E-state index in [0.29, 0.717) is 5.82 Å². The molecule has 15 heavy (non-hydrogen) atoms. The van der Waals surface area contributed by atoms with E-state index in [9.17, 15) is 4.79 Å². The summed E-state index contributed by atoms with van der Waals surface area (Å²) in [4.78, 5) is 19.6. The van der Waals surface area contributed by atoms with Gasteiger partial charge in [-0.05, 0) is 21.0 Å². The highest BCUT2D eigenvalue weighted by atomic mass is 35.5. The van der Waals surface area contributed by atoms with Gasteiger partial charge in [0.15, 0.2) is 5.82 Å². The highest BCUT2D eigenvalue weighted by Crippen LogP contribution is 2.13. The molecule has 1 aromatic rings. The van der Waals surface area contributed by atoms with E-state index in [1.165, 1.54) is 6.33 Å². The highest BCUT2D eigenvalue weighted by molar-refractivity contribution is 6.32. The maximum atomic E-state index is 11.2. The molecule has 1 atom stereocenters. The molecule has 0 fully saturated rings. The average Bonchev–Trinajstić information content (AvgIpc) is 2.11. The van der Waals surface area contributed by atoms with Crippen molar-refractivity contribution in [3.05, 3.63) is 21.7 Å². The minimum atomic E-state index is -0.328. The Kier molecular flexibility index (Phi) is 4.11. The van der Waals surface area contributed by atoms with Crippen LogP contribution in [0.3, 0.4) is 0 Å². The van der Waals surface area contributed by atoms with Gasteiger partial charge in [-0.15, -0.1) is 0 Å². The van der Waals surface area contributed by atoms with E-state index in [0.717, 1.165) is 6.54 Å². The Bertz CT molecular complexity index is 377. The van der Waals surface area contributed by atoms with Crippen LogP contribution in [-0.4, -0.2) is 41.5 Å². The molecule has 2 N–H and O–H groups in total. The molecule has 6 heteroatoms. The standard InChI is InChI=1S/C9H15ClN4O/c1-6(4-14(2)3)13-8-7(10)9(15)12-5-11-8/h5-6H,4H2,1-3H3,(H2,11,12,13,15). The predicted molar refractivity (Wildman–Crippen MR) is 61.5 cm³/mol. The second-order valence-electron chi connectivity index (χ2n) is 3.70. The summed E-state index contributed by atoms with van der Waals surface area (Å²) in [6.07, 6.45) is 1.33. The van der Waals surface area contributed by atoms with Crippen molar-refractivity contribution in [2.75, 3.05) is 26.0 Å². The first-order valence-corrected chi connectivity index (χ1v) is 5.03. The molecule has 5 nitrogen and oxygen atoms in total. The lowest BCUT2D eigenvalue weighted by atomic mass is 10.3. The Morgan fingerprint density at radius 2 is 2.33 bits per heavy atom. The van der Waals surface area contributed by atoms with Crippen LogP contribution in [0.5, 0.6) is 0 Å². The van der Waals surface area contributed by atoms with Gasteiger partial charge in [0, 0.05) is 12.6 Å². The highest BCUT2D eigenvalue weighted by Gasteiger charge is 2.09. The number of nitrogens with one attached hydrogen (secondary N) is 2. The molecule has 0 saturated heterocycles. The molecule has 1 aromatic heterocycles. The van der Waals surface area contributed by atoms with Crippen LogP contribution in [0.15, 0.2) is 11.1 Å². The van der Waals surface area contributed by atoms with Crippen LogP contribution in [0.2, 0.25) is 5.02 Å². The van der Waals surface area contributed by atoms with E-state index in [4.69, 9.17) is 11.6 Å². The van der Waals surface area contributed by atoms with Gasteiger partial charge in [-0.2, -0.15) is 0 Å². The number of rotatable bonds is 4. The van der Waals surface area contributed by atoms with Gasteiger partial charge in [0.2, 0.25) is 0 Å². The minimum Gasteiger partial charge on any atom is -0.365 e. The second kappa shape index (κ2) is 5.14. The Balaban J connectivity index is 2.72. The quantitative estimate of drug-likeness (QED) is 0.803. The maximum Gasteiger partial charge on any atom is 0.271 e. The zero-order valence-electron chi connectivity index (χ0n) is 9.04. The van der Waals surface area contributed by atoms with E-state index in [1.54, 1.807) is 0 Å². The number of halogens is 1. The fourth-order valence-corrected chi connectivity index (χ4v) is 1.47. The molecular formula is C9H15ClN4O. The molecule has 1 unspecified atom stereocenters. The van der Waals surface area contributed by atoms with E-state index in [1.807, 2.05) is 25.9 Å². The van der Waals surface area contributed by atoms with Crippen molar-refractivity contribution in [3.63, 3.8) is 0 Å². The summed E-state index contributed by atoms with van der Waals surface area (Å²) in [6, 6.07) is 0.173. The van der Waals surface area contributed by atoms with Crippen LogP contribution in [0, 0.1) is 0 Å². The lowest BCUT2D eigenvalue weighted by molar-refractivity contribution is 0.392. The molecule has 0 radical (unpaired) electrons. The lowest BCUT2D eigenvalue weighted by Gasteiger charge is -2.18. The smallest absolute Gasteiger partial charge is 0.271 e. The predicted octanol–water partition coefficient (Wildman–Crippen LogP) is 0.785. The molecule has 0 saturated carbocycles. The fraction of sp³-hybridized carbons (Fsp3) is 0.556. The van der Waals surface area contributed by atoms with Crippen LogP contribution in [-0.2, 0) is 0 Å². The molecule has 84 valence electrons. The first-order chi connectivity index (χ1) is 7.00. The zero-order valence-corrected chi connectivity index (χ0v) is 9.80. The van der Waals surface area contributed by atoms with Gasteiger partial charge in [0.25, 0.3) is 5.56 Å². The number of aromatic nitrogens is 2. The summed E-state index contributed by atoms with van der Waals surface area (Å²) in [7, 11) is 3.95. The van der Waals surface area contributed by atoms with Crippen molar-refractivity contribution in [2.24, 2.45) is 0 Å². The zero-order chi connectivity index (χ0) is 11.4. The van der Waals surface area contributed by atoms with Crippen LogP contribution in [0.25, 0.3) is 0 Å². The Hall–Kier alpha value is -1.07. The third-order valence-corrected chi connectivity index (χ3v) is 2.17. The van der Waals surface area contributed by atoms with Crippen molar-refractivity contribution in [3.8, 4) is 0 Å². The molecule has 1 rings (SSSR count). The summed E-state index contributed by atoms with van der Waals surface area (Å²) in [5.74, 6) is 0.426. The Morgan fingerprint density at radius 3 is 2.93 bits per heavy atom. The van der Waals surface area contributed by atoms with Crippen molar-refractivity contribution in [1.29, 1.82) is 0 Å².